The van der Waals surface area contributed by atoms with E-state index in [1.54, 1.807) is 0 Å². The highest BCUT2D eigenvalue weighted by atomic mass is 16.3. The summed E-state index contributed by atoms with van der Waals surface area (Å²) < 4.78 is 0. The number of fused-ring (bicyclic) bond motifs is 1. The van der Waals surface area contributed by atoms with Gasteiger partial charge < -0.3 is 15.7 Å². The second-order valence-corrected chi connectivity index (χ2v) is 4.94. The second-order valence-electron chi connectivity index (χ2n) is 4.94. The summed E-state index contributed by atoms with van der Waals surface area (Å²) in [6.45, 7) is 0.978. The van der Waals surface area contributed by atoms with Gasteiger partial charge in [-0.1, -0.05) is 0 Å². The van der Waals surface area contributed by atoms with Gasteiger partial charge in [0.2, 0.25) is 0 Å². The van der Waals surface area contributed by atoms with Crippen LogP contribution in [0.5, 0.6) is 0 Å². The van der Waals surface area contributed by atoms with E-state index in [9.17, 15) is 9.90 Å². The van der Waals surface area contributed by atoms with E-state index in [0.29, 0.717) is 5.56 Å². The maximum atomic E-state index is 12.0. The molecule has 1 aromatic rings. The van der Waals surface area contributed by atoms with E-state index in [0.717, 1.165) is 31.5 Å². The van der Waals surface area contributed by atoms with Gasteiger partial charge in [0, 0.05) is 17.8 Å². The predicted molar refractivity (Wildman–Crippen MR) is 65.2 cm³/mol. The Bertz CT molecular complexity index is 466. The van der Waals surface area contributed by atoms with E-state index >= 15 is 0 Å². The molecular weight excluding hydrogens is 216 g/mol. The van der Waals surface area contributed by atoms with Gasteiger partial charge in [0.05, 0.1) is 12.1 Å². The van der Waals surface area contributed by atoms with Crippen LogP contribution in [0.1, 0.15) is 28.8 Å². The van der Waals surface area contributed by atoms with Crippen molar-refractivity contribution in [2.75, 3.05) is 18.5 Å². The number of nitrogens with one attached hydrogen (secondary N) is 2. The SMILES string of the molecule is O=C(NC1(CO)CC1)c1ccc2c(c1)CCN2. The summed E-state index contributed by atoms with van der Waals surface area (Å²) in [6.07, 6.45) is 2.73. The number of benzene rings is 1. The van der Waals surface area contributed by atoms with Crippen LogP contribution in [0.25, 0.3) is 0 Å². The fourth-order valence-electron chi connectivity index (χ4n) is 2.23. The molecule has 1 aliphatic heterocycles. The maximum Gasteiger partial charge on any atom is 0.251 e. The third-order valence-corrected chi connectivity index (χ3v) is 3.61. The van der Waals surface area contributed by atoms with Gasteiger partial charge >= 0.3 is 0 Å². The minimum atomic E-state index is -0.339. The zero-order valence-electron chi connectivity index (χ0n) is 9.62. The van der Waals surface area contributed by atoms with Crippen molar-refractivity contribution in [3.05, 3.63) is 29.3 Å². The first-order chi connectivity index (χ1) is 8.22. The molecule has 0 aromatic heterocycles. The number of aliphatic hydroxyl groups excluding tert-OH is 1. The Labute approximate surface area is 100 Å². The Morgan fingerprint density at radius 2 is 2.29 bits per heavy atom. The molecule has 1 aromatic carbocycles. The highest BCUT2D eigenvalue weighted by molar-refractivity contribution is 5.95. The van der Waals surface area contributed by atoms with Gasteiger partial charge in [-0.25, -0.2) is 0 Å². The van der Waals surface area contributed by atoms with Crippen LogP contribution in [-0.4, -0.2) is 29.7 Å². The Morgan fingerprint density at radius 3 is 3.00 bits per heavy atom. The quantitative estimate of drug-likeness (QED) is 0.726. The van der Waals surface area contributed by atoms with Crippen molar-refractivity contribution in [1.82, 2.24) is 5.32 Å². The summed E-state index contributed by atoms with van der Waals surface area (Å²) in [5.41, 5.74) is 2.68. The van der Waals surface area contributed by atoms with Crippen LogP contribution in [0.3, 0.4) is 0 Å². The summed E-state index contributed by atoms with van der Waals surface area (Å²) in [5.74, 6) is -0.0775. The first-order valence-corrected chi connectivity index (χ1v) is 6.03. The zero-order valence-corrected chi connectivity index (χ0v) is 9.62. The Hall–Kier alpha value is -1.55. The molecule has 4 heteroatoms. The van der Waals surface area contributed by atoms with Gasteiger partial charge in [-0.15, -0.1) is 0 Å². The molecule has 2 aliphatic rings. The Balaban J connectivity index is 1.78. The Kier molecular flexibility index (Phi) is 2.33. The van der Waals surface area contributed by atoms with E-state index in [4.69, 9.17) is 0 Å². The van der Waals surface area contributed by atoms with Gasteiger partial charge in [-0.2, -0.15) is 0 Å². The molecule has 1 aliphatic carbocycles. The smallest absolute Gasteiger partial charge is 0.251 e. The minimum absolute atomic E-state index is 0.0330. The molecule has 0 spiro atoms. The number of carbonyl (C=O) groups is 1. The van der Waals surface area contributed by atoms with Gasteiger partial charge in [0.25, 0.3) is 5.91 Å². The standard InChI is InChI=1S/C13H16N2O2/c16-8-13(4-5-13)15-12(17)10-1-2-11-9(7-10)3-6-14-11/h1-2,7,14,16H,3-6,8H2,(H,15,17). The molecule has 0 unspecified atom stereocenters. The zero-order chi connectivity index (χ0) is 11.9. The van der Waals surface area contributed by atoms with Crippen LogP contribution >= 0.6 is 0 Å². The van der Waals surface area contributed by atoms with Gasteiger partial charge in [-0.3, -0.25) is 4.79 Å². The van der Waals surface area contributed by atoms with E-state index in [1.165, 1.54) is 5.56 Å². The lowest BCUT2D eigenvalue weighted by molar-refractivity contribution is 0.0907. The molecule has 3 rings (SSSR count). The van der Waals surface area contributed by atoms with Crippen LogP contribution in [0, 0.1) is 0 Å². The molecule has 1 fully saturated rings. The lowest BCUT2D eigenvalue weighted by Gasteiger charge is -2.14. The highest BCUT2D eigenvalue weighted by Crippen LogP contribution is 2.35. The molecule has 0 radical (unpaired) electrons. The lowest BCUT2D eigenvalue weighted by Crippen LogP contribution is -2.39. The number of hydrogen-bond acceptors (Lipinski definition) is 3. The van der Waals surface area contributed by atoms with E-state index in [2.05, 4.69) is 10.6 Å². The number of hydrogen-bond donors (Lipinski definition) is 3. The largest absolute Gasteiger partial charge is 0.394 e. The van der Waals surface area contributed by atoms with E-state index in [1.807, 2.05) is 18.2 Å². The molecule has 90 valence electrons. The molecule has 1 heterocycles. The third-order valence-electron chi connectivity index (χ3n) is 3.61. The molecule has 0 atom stereocenters. The van der Waals surface area contributed by atoms with Crippen LogP contribution < -0.4 is 10.6 Å². The number of anilines is 1. The van der Waals surface area contributed by atoms with Crippen LogP contribution in [-0.2, 0) is 6.42 Å². The van der Waals surface area contributed by atoms with Crippen molar-refractivity contribution in [2.45, 2.75) is 24.8 Å². The molecule has 0 bridgehead atoms. The topological polar surface area (TPSA) is 61.4 Å². The van der Waals surface area contributed by atoms with Crippen molar-refractivity contribution >= 4 is 11.6 Å². The molecule has 3 N–H and O–H groups in total. The third kappa shape index (κ3) is 1.89. The van der Waals surface area contributed by atoms with Crippen molar-refractivity contribution in [1.29, 1.82) is 0 Å². The molecular formula is C13H16N2O2. The van der Waals surface area contributed by atoms with Crippen molar-refractivity contribution < 1.29 is 9.90 Å². The van der Waals surface area contributed by atoms with Gasteiger partial charge in [-0.05, 0) is 43.0 Å². The average Bonchev–Trinajstić information content (AvgIpc) is 2.96. The van der Waals surface area contributed by atoms with Crippen LogP contribution in [0.15, 0.2) is 18.2 Å². The van der Waals surface area contributed by atoms with Crippen molar-refractivity contribution in [3.63, 3.8) is 0 Å². The number of amides is 1. The Morgan fingerprint density at radius 1 is 1.47 bits per heavy atom. The fourth-order valence-corrected chi connectivity index (χ4v) is 2.23. The summed E-state index contributed by atoms with van der Waals surface area (Å²) in [6, 6.07) is 5.73. The van der Waals surface area contributed by atoms with Crippen LogP contribution in [0.4, 0.5) is 5.69 Å². The minimum Gasteiger partial charge on any atom is -0.394 e. The number of aliphatic hydroxyl groups is 1. The monoisotopic (exact) mass is 232 g/mol. The highest BCUT2D eigenvalue weighted by Gasteiger charge is 2.43. The number of carbonyl (C=O) groups excluding carboxylic acids is 1. The first kappa shape index (κ1) is 10.6. The van der Waals surface area contributed by atoms with Crippen molar-refractivity contribution in [2.24, 2.45) is 0 Å². The molecule has 0 saturated heterocycles. The molecule has 4 nitrogen and oxygen atoms in total. The maximum absolute atomic E-state index is 12.0. The summed E-state index contributed by atoms with van der Waals surface area (Å²) in [7, 11) is 0. The summed E-state index contributed by atoms with van der Waals surface area (Å²) >= 11 is 0. The van der Waals surface area contributed by atoms with Crippen molar-refractivity contribution in [3.8, 4) is 0 Å². The van der Waals surface area contributed by atoms with Gasteiger partial charge in [0.15, 0.2) is 0 Å². The number of rotatable bonds is 3. The first-order valence-electron chi connectivity index (χ1n) is 6.03. The lowest BCUT2D eigenvalue weighted by atomic mass is 10.1. The van der Waals surface area contributed by atoms with E-state index in [-0.39, 0.29) is 18.1 Å². The van der Waals surface area contributed by atoms with Crippen LogP contribution in [0.2, 0.25) is 0 Å². The average molecular weight is 232 g/mol. The second kappa shape index (κ2) is 3.74. The summed E-state index contributed by atoms with van der Waals surface area (Å²) in [5, 5.41) is 15.4. The van der Waals surface area contributed by atoms with Gasteiger partial charge in [0.1, 0.15) is 0 Å². The molecule has 1 saturated carbocycles. The summed E-state index contributed by atoms with van der Waals surface area (Å²) in [4.78, 5) is 12.0. The molecule has 1 amide bonds. The van der Waals surface area contributed by atoms with E-state index < -0.39 is 0 Å². The predicted octanol–water partition coefficient (Wildman–Crippen LogP) is 0.909. The molecule has 17 heavy (non-hydrogen) atoms. The fraction of sp³-hybridized carbons (Fsp3) is 0.462. The normalized spacial score (nSPS) is 19.4.